The Labute approximate surface area is 331 Å². The van der Waals surface area contributed by atoms with Gasteiger partial charge in [0, 0.05) is 10.4 Å². The Morgan fingerprint density at radius 2 is 0.528 bits per heavy atom. The quantitative estimate of drug-likeness (QED) is 0.0384. The number of ether oxygens (including phenoxy) is 2. The number of rotatable bonds is 34. The van der Waals surface area contributed by atoms with Gasteiger partial charge in [-0.05, 0) is 25.7 Å². The number of hydrogen-bond acceptors (Lipinski definition) is 6. The van der Waals surface area contributed by atoms with E-state index in [0.29, 0.717) is 0 Å². The van der Waals surface area contributed by atoms with Crippen molar-refractivity contribution in [2.24, 2.45) is 0 Å². The molecule has 0 aromatic carbocycles. The minimum atomic E-state index is -5.17. The Balaban J connectivity index is 0.000000904. The van der Waals surface area contributed by atoms with E-state index in [1.807, 2.05) is 0 Å². The number of nitrogens with one attached hydrogen (secondary N) is 2. The molecule has 0 bridgehead atoms. The van der Waals surface area contributed by atoms with Crippen LogP contribution in [0.4, 0.5) is 0 Å². The molecule has 0 aromatic rings. The first kappa shape index (κ1) is 52.7. The lowest BCUT2D eigenvalue weighted by atomic mass is 10.0. The van der Waals surface area contributed by atoms with Crippen LogP contribution in [-0.2, 0) is 19.9 Å². The molecule has 2 rings (SSSR count). The van der Waals surface area contributed by atoms with Gasteiger partial charge in [0.1, 0.15) is 26.2 Å². The molecule has 53 heavy (non-hydrogen) atoms. The predicted molar refractivity (Wildman–Crippen MR) is 222 cm³/mol. The minimum Gasteiger partial charge on any atom is -0.759 e. The molecule has 2 fully saturated rings. The van der Waals surface area contributed by atoms with E-state index in [9.17, 15) is 0 Å². The van der Waals surface area contributed by atoms with E-state index in [1.54, 1.807) is 9.80 Å². The molecule has 9 heteroatoms. The third kappa shape index (κ3) is 47.8. The van der Waals surface area contributed by atoms with E-state index in [0.717, 1.165) is 26.4 Å². The second kappa shape index (κ2) is 42.8. The largest absolute Gasteiger partial charge is 0.759 e. The molecule has 0 aliphatic carbocycles. The summed E-state index contributed by atoms with van der Waals surface area (Å²) < 4.78 is 44.9. The zero-order chi connectivity index (χ0) is 38.8. The average Bonchev–Trinajstić information content (AvgIpc) is 3.15. The van der Waals surface area contributed by atoms with Crippen molar-refractivity contribution < 1.29 is 36.8 Å². The maximum Gasteiger partial charge on any atom is 0.101 e. The summed E-state index contributed by atoms with van der Waals surface area (Å²) in [5.74, 6) is 0. The molecule has 0 unspecified atom stereocenters. The highest BCUT2D eigenvalue weighted by atomic mass is 32.3. The van der Waals surface area contributed by atoms with Crippen LogP contribution in [0.15, 0.2) is 0 Å². The Morgan fingerprint density at radius 1 is 0.358 bits per heavy atom. The van der Waals surface area contributed by atoms with Crippen LogP contribution in [0, 0.1) is 0 Å². The zero-order valence-corrected chi connectivity index (χ0v) is 36.4. The Kier molecular flexibility index (Phi) is 42.6. The van der Waals surface area contributed by atoms with Gasteiger partial charge in [0.15, 0.2) is 0 Å². The van der Waals surface area contributed by atoms with Crippen molar-refractivity contribution in [2.45, 2.75) is 219 Å². The van der Waals surface area contributed by atoms with Gasteiger partial charge in [0.25, 0.3) is 0 Å². The maximum atomic E-state index is 8.52. The van der Waals surface area contributed by atoms with Gasteiger partial charge >= 0.3 is 0 Å². The highest BCUT2D eigenvalue weighted by molar-refractivity contribution is 7.79. The molecule has 0 amide bonds. The molecule has 320 valence electrons. The molecule has 2 aliphatic rings. The lowest BCUT2D eigenvalue weighted by Crippen LogP contribution is -3.14. The Morgan fingerprint density at radius 3 is 0.717 bits per heavy atom. The Hall–Kier alpha value is -0.290. The minimum absolute atomic E-state index is 0.980. The van der Waals surface area contributed by atoms with Gasteiger partial charge in [0.05, 0.1) is 39.5 Å². The van der Waals surface area contributed by atoms with Gasteiger partial charge in [-0.25, -0.2) is 0 Å². The monoisotopic (exact) mass is 777 g/mol. The van der Waals surface area contributed by atoms with Gasteiger partial charge < -0.3 is 28.4 Å². The second-order valence-electron chi connectivity index (χ2n) is 16.2. The van der Waals surface area contributed by atoms with Crippen LogP contribution < -0.4 is 9.80 Å². The highest BCUT2D eigenvalue weighted by Crippen LogP contribution is 2.15. The van der Waals surface area contributed by atoms with Crippen LogP contribution >= 0.6 is 0 Å². The smallest absolute Gasteiger partial charge is 0.101 e. The van der Waals surface area contributed by atoms with Crippen molar-refractivity contribution in [3.8, 4) is 0 Å². The zero-order valence-electron chi connectivity index (χ0n) is 35.6. The highest BCUT2D eigenvalue weighted by Gasteiger charge is 2.13. The van der Waals surface area contributed by atoms with Gasteiger partial charge in [-0.1, -0.05) is 194 Å². The van der Waals surface area contributed by atoms with E-state index >= 15 is 0 Å². The third-order valence-corrected chi connectivity index (χ3v) is 11.2. The van der Waals surface area contributed by atoms with Gasteiger partial charge in [-0.2, -0.15) is 0 Å². The van der Waals surface area contributed by atoms with E-state index < -0.39 is 10.4 Å². The summed E-state index contributed by atoms with van der Waals surface area (Å²) in [6.45, 7) is 16.2. The van der Waals surface area contributed by atoms with Crippen molar-refractivity contribution >= 4 is 10.4 Å². The summed E-state index contributed by atoms with van der Waals surface area (Å²) in [5.41, 5.74) is 0. The molecule has 0 spiro atoms. The number of hydrogen-bond donors (Lipinski definition) is 2. The van der Waals surface area contributed by atoms with Crippen LogP contribution in [0.2, 0.25) is 0 Å². The third-order valence-electron chi connectivity index (χ3n) is 11.2. The summed E-state index contributed by atoms with van der Waals surface area (Å²) in [5, 5.41) is 0. The van der Waals surface area contributed by atoms with E-state index in [-0.39, 0.29) is 0 Å². The fraction of sp³-hybridized carbons (Fsp3) is 1.00. The topological polar surface area (TPSA) is 108 Å². The van der Waals surface area contributed by atoms with Crippen molar-refractivity contribution in [2.75, 3.05) is 65.7 Å². The summed E-state index contributed by atoms with van der Waals surface area (Å²) >= 11 is 0. The number of morpholine rings is 2. The van der Waals surface area contributed by atoms with Crippen molar-refractivity contribution in [1.82, 2.24) is 0 Å². The Bertz CT molecular complexity index is 733. The van der Waals surface area contributed by atoms with E-state index in [4.69, 9.17) is 27.0 Å². The maximum absolute atomic E-state index is 8.52. The standard InChI is InChI=1S/2C22H45NO.H2O4S/c2*1-2-3-4-5-6-7-8-9-10-11-12-13-14-15-16-17-18-23-19-21-24-22-20-23;1-5(2,3)4/h2*2-22H2,1H3;(H2,1,2,3,4). The average molecular weight is 777 g/mol. The summed E-state index contributed by atoms with van der Waals surface area (Å²) in [6, 6.07) is 0. The molecule has 2 saturated heterocycles. The molecular formula is C44H92N2O6S. The van der Waals surface area contributed by atoms with Crippen molar-refractivity contribution in [3.05, 3.63) is 0 Å². The summed E-state index contributed by atoms with van der Waals surface area (Å²) in [4.78, 5) is 3.54. The number of unbranched alkanes of at least 4 members (excludes halogenated alkanes) is 30. The molecule has 0 saturated carbocycles. The molecule has 2 heterocycles. The molecule has 0 atom stereocenters. The fourth-order valence-electron chi connectivity index (χ4n) is 7.67. The summed E-state index contributed by atoms with van der Waals surface area (Å²) in [6.07, 6.45) is 46.8. The lowest BCUT2D eigenvalue weighted by Gasteiger charge is -2.23. The van der Waals surface area contributed by atoms with Crippen molar-refractivity contribution in [3.63, 3.8) is 0 Å². The van der Waals surface area contributed by atoms with Crippen LogP contribution in [0.1, 0.15) is 219 Å². The second-order valence-corrected chi connectivity index (χ2v) is 17.1. The first-order valence-corrected chi connectivity index (χ1v) is 24.7. The molecule has 0 aromatic heterocycles. The van der Waals surface area contributed by atoms with Gasteiger partial charge in [-0.3, -0.25) is 8.42 Å². The molecule has 2 N–H and O–H groups in total. The van der Waals surface area contributed by atoms with E-state index in [2.05, 4.69) is 13.8 Å². The molecular weight excluding hydrogens is 685 g/mol. The molecule has 2 aliphatic heterocycles. The van der Waals surface area contributed by atoms with Crippen molar-refractivity contribution in [1.29, 1.82) is 0 Å². The summed E-state index contributed by atoms with van der Waals surface area (Å²) in [7, 11) is -5.17. The fourth-order valence-corrected chi connectivity index (χ4v) is 7.67. The predicted octanol–water partition coefficient (Wildman–Crippen LogP) is 8.99. The van der Waals surface area contributed by atoms with Crippen LogP contribution in [0.5, 0.6) is 0 Å². The van der Waals surface area contributed by atoms with E-state index in [1.165, 1.54) is 245 Å². The number of quaternary nitrogens is 2. The van der Waals surface area contributed by atoms with Crippen LogP contribution in [-0.4, -0.2) is 83.2 Å². The normalized spacial score (nSPS) is 15.5. The molecule has 0 radical (unpaired) electrons. The van der Waals surface area contributed by atoms with Gasteiger partial charge in [-0.15, -0.1) is 0 Å². The molecule has 8 nitrogen and oxygen atoms in total. The van der Waals surface area contributed by atoms with Crippen LogP contribution in [0.3, 0.4) is 0 Å². The van der Waals surface area contributed by atoms with Crippen LogP contribution in [0.25, 0.3) is 0 Å². The van der Waals surface area contributed by atoms with Gasteiger partial charge in [0.2, 0.25) is 0 Å². The SMILES string of the molecule is CCCCCCCCCCCCCCCCCC[NH+]1CCOCC1.CCCCCCCCCCCCCCCCCC[NH+]1CCOCC1.O=S(=O)([O-])[O-]. The first-order valence-electron chi connectivity index (χ1n) is 23.4. The lowest BCUT2D eigenvalue weighted by molar-refractivity contribution is -0.908. The first-order chi connectivity index (χ1) is 25.9.